The van der Waals surface area contributed by atoms with E-state index in [1.54, 1.807) is 22.7 Å². The number of likely N-dealkylation sites (tertiary alicyclic amines) is 1. The molecule has 0 aliphatic carbocycles. The maximum Gasteiger partial charge on any atom is 0.321 e. The van der Waals surface area contributed by atoms with Crippen molar-refractivity contribution in [2.24, 2.45) is 11.7 Å². The summed E-state index contributed by atoms with van der Waals surface area (Å²) in [5, 5.41) is 3.41. The molecule has 1 aromatic rings. The van der Waals surface area contributed by atoms with Gasteiger partial charge in [0.05, 0.1) is 10.9 Å². The quantitative estimate of drug-likeness (QED) is 0.838. The van der Waals surface area contributed by atoms with Gasteiger partial charge in [0, 0.05) is 23.7 Å². The van der Waals surface area contributed by atoms with E-state index in [1.807, 2.05) is 18.4 Å². The first-order chi connectivity index (χ1) is 10.0. The van der Waals surface area contributed by atoms with Crippen LogP contribution in [0.1, 0.15) is 12.8 Å². The Labute approximate surface area is 133 Å². The van der Waals surface area contributed by atoms with Crippen molar-refractivity contribution in [3.63, 3.8) is 0 Å². The van der Waals surface area contributed by atoms with Crippen molar-refractivity contribution in [2.45, 2.75) is 17.7 Å². The summed E-state index contributed by atoms with van der Waals surface area (Å²) in [6.07, 6.45) is 3.47. The molecule has 7 heteroatoms. The van der Waals surface area contributed by atoms with E-state index < -0.39 is 0 Å². The zero-order valence-electron chi connectivity index (χ0n) is 11.8. The number of anilines is 1. The molecule has 0 spiro atoms. The van der Waals surface area contributed by atoms with Crippen molar-refractivity contribution < 1.29 is 9.59 Å². The number of nitrogens with two attached hydrogens (primary N) is 1. The molecule has 5 nitrogen and oxygen atoms in total. The maximum absolute atomic E-state index is 12.2. The molecule has 1 fully saturated rings. The Morgan fingerprint density at radius 2 is 2.24 bits per heavy atom. The number of benzene rings is 1. The van der Waals surface area contributed by atoms with Crippen LogP contribution in [0.3, 0.4) is 0 Å². The van der Waals surface area contributed by atoms with Gasteiger partial charge in [-0.1, -0.05) is 11.6 Å². The van der Waals surface area contributed by atoms with E-state index in [-0.39, 0.29) is 17.9 Å². The van der Waals surface area contributed by atoms with Gasteiger partial charge in [0.25, 0.3) is 0 Å². The van der Waals surface area contributed by atoms with Gasteiger partial charge < -0.3 is 16.0 Å². The Kier molecular flexibility index (Phi) is 5.36. The molecule has 21 heavy (non-hydrogen) atoms. The number of thioether (sulfide) groups is 1. The smallest absolute Gasteiger partial charge is 0.321 e. The first kappa shape index (κ1) is 16.0. The van der Waals surface area contributed by atoms with Crippen LogP contribution in [0.5, 0.6) is 0 Å². The third-order valence-corrected chi connectivity index (χ3v) is 4.73. The highest BCUT2D eigenvalue weighted by Gasteiger charge is 2.26. The minimum Gasteiger partial charge on any atom is -0.369 e. The van der Waals surface area contributed by atoms with Crippen molar-refractivity contribution in [3.05, 3.63) is 23.2 Å². The van der Waals surface area contributed by atoms with E-state index in [1.165, 1.54) is 0 Å². The van der Waals surface area contributed by atoms with Crippen molar-refractivity contribution >= 4 is 41.0 Å². The third-order valence-electron chi connectivity index (χ3n) is 3.51. The first-order valence-corrected chi connectivity index (χ1v) is 8.30. The second-order valence-electron chi connectivity index (χ2n) is 4.97. The van der Waals surface area contributed by atoms with E-state index in [4.69, 9.17) is 17.3 Å². The fourth-order valence-corrected chi connectivity index (χ4v) is 3.21. The molecule has 1 aromatic carbocycles. The lowest BCUT2D eigenvalue weighted by Gasteiger charge is -2.31. The van der Waals surface area contributed by atoms with Gasteiger partial charge in [-0.05, 0) is 37.3 Å². The minimum absolute atomic E-state index is 0.228. The highest BCUT2D eigenvalue weighted by Crippen LogP contribution is 2.28. The number of hydrogen-bond donors (Lipinski definition) is 2. The van der Waals surface area contributed by atoms with Gasteiger partial charge in [0.15, 0.2) is 0 Å². The summed E-state index contributed by atoms with van der Waals surface area (Å²) in [5.74, 6) is -0.605. The Balaban J connectivity index is 2.00. The number of amides is 3. The molecule has 1 atom stereocenters. The molecular formula is C14H18ClN3O2S. The number of nitrogens with zero attached hydrogens (tertiary/aromatic N) is 1. The molecule has 114 valence electrons. The standard InChI is InChI=1S/C14H18ClN3O2S/c1-21-12-5-4-10(7-11(12)15)17-14(20)18-6-2-3-9(8-18)13(16)19/h4-5,7,9H,2-3,6,8H2,1H3,(H2,16,19)(H,17,20). The Bertz CT molecular complexity index is 553. The highest BCUT2D eigenvalue weighted by atomic mass is 35.5. The van der Waals surface area contributed by atoms with E-state index in [0.29, 0.717) is 23.8 Å². The molecular weight excluding hydrogens is 310 g/mol. The molecule has 3 amide bonds. The van der Waals surface area contributed by atoms with Crippen LogP contribution in [0.25, 0.3) is 0 Å². The third kappa shape index (κ3) is 4.04. The average molecular weight is 328 g/mol. The number of urea groups is 1. The average Bonchev–Trinajstić information content (AvgIpc) is 2.47. The second-order valence-corrected chi connectivity index (χ2v) is 6.22. The zero-order chi connectivity index (χ0) is 15.4. The number of primary amides is 1. The topological polar surface area (TPSA) is 75.4 Å². The van der Waals surface area contributed by atoms with Gasteiger partial charge in [0.1, 0.15) is 0 Å². The SMILES string of the molecule is CSc1ccc(NC(=O)N2CCCC(C(N)=O)C2)cc1Cl. The van der Waals surface area contributed by atoms with Gasteiger partial charge in [-0.25, -0.2) is 4.79 Å². The van der Waals surface area contributed by atoms with Crippen LogP contribution >= 0.6 is 23.4 Å². The summed E-state index contributed by atoms with van der Waals surface area (Å²) in [7, 11) is 0. The molecule has 1 aliphatic heterocycles. The number of rotatable bonds is 3. The second kappa shape index (κ2) is 7.04. The van der Waals surface area contributed by atoms with Crippen LogP contribution in [0.4, 0.5) is 10.5 Å². The predicted octanol–water partition coefficient (Wildman–Crippen LogP) is 2.79. The lowest BCUT2D eigenvalue weighted by atomic mass is 9.98. The molecule has 1 unspecified atom stereocenters. The van der Waals surface area contributed by atoms with Gasteiger partial charge in [-0.2, -0.15) is 0 Å². The fraction of sp³-hybridized carbons (Fsp3) is 0.429. The molecule has 1 aliphatic rings. The number of hydrogen-bond acceptors (Lipinski definition) is 3. The number of carbonyl (C=O) groups excluding carboxylic acids is 2. The van der Waals surface area contributed by atoms with Crippen molar-refractivity contribution in [1.82, 2.24) is 4.90 Å². The largest absolute Gasteiger partial charge is 0.369 e. The summed E-state index contributed by atoms with van der Waals surface area (Å²) < 4.78 is 0. The Hall–Kier alpha value is -1.40. The number of halogens is 1. The number of piperidine rings is 1. The lowest BCUT2D eigenvalue weighted by molar-refractivity contribution is -0.123. The van der Waals surface area contributed by atoms with Crippen molar-refractivity contribution in [1.29, 1.82) is 0 Å². The molecule has 0 bridgehead atoms. The maximum atomic E-state index is 12.2. The Morgan fingerprint density at radius 1 is 1.48 bits per heavy atom. The zero-order valence-corrected chi connectivity index (χ0v) is 13.3. The summed E-state index contributed by atoms with van der Waals surface area (Å²) in [6, 6.07) is 5.17. The normalized spacial score (nSPS) is 18.4. The predicted molar refractivity (Wildman–Crippen MR) is 85.7 cm³/mol. The molecule has 2 rings (SSSR count). The van der Waals surface area contributed by atoms with E-state index in [0.717, 1.165) is 17.7 Å². The lowest BCUT2D eigenvalue weighted by Crippen LogP contribution is -2.45. The summed E-state index contributed by atoms with van der Waals surface area (Å²) in [6.45, 7) is 1.00. The Morgan fingerprint density at radius 3 is 2.86 bits per heavy atom. The van der Waals surface area contributed by atoms with Gasteiger partial charge in [-0.3, -0.25) is 4.79 Å². The van der Waals surface area contributed by atoms with Gasteiger partial charge >= 0.3 is 6.03 Å². The van der Waals surface area contributed by atoms with Crippen LogP contribution in [0.2, 0.25) is 5.02 Å². The van der Waals surface area contributed by atoms with E-state index >= 15 is 0 Å². The molecule has 3 N–H and O–H groups in total. The van der Waals surface area contributed by atoms with Crippen LogP contribution in [-0.2, 0) is 4.79 Å². The summed E-state index contributed by atoms with van der Waals surface area (Å²) >= 11 is 7.66. The molecule has 1 heterocycles. The van der Waals surface area contributed by atoms with Crippen LogP contribution in [0, 0.1) is 5.92 Å². The van der Waals surface area contributed by atoms with Crippen LogP contribution in [-0.4, -0.2) is 36.2 Å². The van der Waals surface area contributed by atoms with Gasteiger partial charge in [-0.15, -0.1) is 11.8 Å². The fourth-order valence-electron chi connectivity index (χ4n) is 2.34. The molecule has 0 aromatic heterocycles. The molecule has 1 saturated heterocycles. The van der Waals surface area contributed by atoms with E-state index in [9.17, 15) is 9.59 Å². The summed E-state index contributed by atoms with van der Waals surface area (Å²) in [5.41, 5.74) is 5.96. The van der Waals surface area contributed by atoms with Crippen LogP contribution < -0.4 is 11.1 Å². The van der Waals surface area contributed by atoms with Crippen LogP contribution in [0.15, 0.2) is 23.1 Å². The number of nitrogens with one attached hydrogen (secondary N) is 1. The monoisotopic (exact) mass is 327 g/mol. The summed E-state index contributed by atoms with van der Waals surface area (Å²) in [4.78, 5) is 26.0. The van der Waals surface area contributed by atoms with Crippen molar-refractivity contribution in [3.8, 4) is 0 Å². The molecule has 0 radical (unpaired) electrons. The number of carbonyl (C=O) groups is 2. The highest BCUT2D eigenvalue weighted by molar-refractivity contribution is 7.98. The first-order valence-electron chi connectivity index (χ1n) is 6.70. The molecule has 0 saturated carbocycles. The van der Waals surface area contributed by atoms with E-state index in [2.05, 4.69) is 5.32 Å². The van der Waals surface area contributed by atoms with Crippen molar-refractivity contribution in [2.75, 3.05) is 24.7 Å². The van der Waals surface area contributed by atoms with Gasteiger partial charge in [0.2, 0.25) is 5.91 Å². The minimum atomic E-state index is -0.347.